The Morgan fingerprint density at radius 1 is 1.29 bits per heavy atom. The van der Waals surface area contributed by atoms with Crippen LogP contribution in [0.15, 0.2) is 30.6 Å². The molecular weight excluding hydrogens is 264 g/mol. The molecular formula is C16H22N4O. The van der Waals surface area contributed by atoms with E-state index in [1.165, 1.54) is 11.1 Å². The minimum atomic E-state index is 0.151. The highest BCUT2D eigenvalue weighted by atomic mass is 16.5. The molecule has 0 saturated carbocycles. The molecule has 0 spiro atoms. The normalized spacial score (nSPS) is 19.8. The van der Waals surface area contributed by atoms with Crippen molar-refractivity contribution in [2.75, 3.05) is 19.7 Å². The van der Waals surface area contributed by atoms with Crippen molar-refractivity contribution in [3.8, 4) is 0 Å². The number of benzene rings is 1. The van der Waals surface area contributed by atoms with E-state index in [2.05, 4.69) is 46.2 Å². The quantitative estimate of drug-likeness (QED) is 0.861. The lowest BCUT2D eigenvalue weighted by atomic mass is 10.0. The van der Waals surface area contributed by atoms with Crippen LogP contribution >= 0.6 is 0 Å². The predicted molar refractivity (Wildman–Crippen MR) is 80.8 cm³/mol. The van der Waals surface area contributed by atoms with Gasteiger partial charge in [-0.25, -0.2) is 4.98 Å². The molecule has 0 bridgehead atoms. The summed E-state index contributed by atoms with van der Waals surface area (Å²) >= 11 is 0. The third kappa shape index (κ3) is 3.31. The fourth-order valence-corrected chi connectivity index (χ4v) is 2.68. The second-order valence-corrected chi connectivity index (χ2v) is 5.49. The van der Waals surface area contributed by atoms with Gasteiger partial charge >= 0.3 is 0 Å². The number of hydrogen-bond acceptors (Lipinski definition) is 4. The zero-order valence-electron chi connectivity index (χ0n) is 12.7. The van der Waals surface area contributed by atoms with Crippen LogP contribution in [-0.2, 0) is 24.8 Å². The van der Waals surface area contributed by atoms with E-state index in [0.717, 1.165) is 38.5 Å². The highest BCUT2D eigenvalue weighted by molar-refractivity contribution is 5.24. The molecule has 0 aliphatic carbocycles. The second-order valence-electron chi connectivity index (χ2n) is 5.49. The molecule has 1 aromatic heterocycles. The average molecular weight is 286 g/mol. The average Bonchev–Trinajstić information content (AvgIpc) is 2.93. The molecule has 3 rings (SSSR count). The van der Waals surface area contributed by atoms with Gasteiger partial charge in [-0.2, -0.15) is 5.10 Å². The largest absolute Gasteiger partial charge is 0.371 e. The third-order valence-electron chi connectivity index (χ3n) is 4.08. The van der Waals surface area contributed by atoms with Gasteiger partial charge in [-0.05, 0) is 17.5 Å². The Kier molecular flexibility index (Phi) is 4.31. The molecule has 0 N–H and O–H groups in total. The van der Waals surface area contributed by atoms with Crippen molar-refractivity contribution >= 4 is 0 Å². The Labute approximate surface area is 125 Å². The van der Waals surface area contributed by atoms with Crippen molar-refractivity contribution in [2.45, 2.75) is 26.0 Å². The van der Waals surface area contributed by atoms with E-state index < -0.39 is 0 Å². The van der Waals surface area contributed by atoms with Gasteiger partial charge in [-0.1, -0.05) is 31.2 Å². The summed E-state index contributed by atoms with van der Waals surface area (Å²) < 4.78 is 7.77. The van der Waals surface area contributed by atoms with Gasteiger partial charge in [0.05, 0.1) is 19.3 Å². The molecule has 2 heterocycles. The zero-order chi connectivity index (χ0) is 14.7. The van der Waals surface area contributed by atoms with E-state index in [0.29, 0.717) is 0 Å². The van der Waals surface area contributed by atoms with Gasteiger partial charge in [0.15, 0.2) is 0 Å². The summed E-state index contributed by atoms with van der Waals surface area (Å²) in [6.07, 6.45) is 2.83. The Hall–Kier alpha value is -1.72. The molecule has 5 heteroatoms. The smallest absolute Gasteiger partial charge is 0.140 e. The number of nitrogens with zero attached hydrogens (tertiary/aromatic N) is 4. The molecule has 0 unspecified atom stereocenters. The lowest BCUT2D eigenvalue weighted by Gasteiger charge is -2.32. The van der Waals surface area contributed by atoms with Gasteiger partial charge < -0.3 is 4.74 Å². The fraction of sp³-hybridized carbons (Fsp3) is 0.500. The van der Waals surface area contributed by atoms with E-state index in [1.807, 2.05) is 11.7 Å². The fourth-order valence-electron chi connectivity index (χ4n) is 2.68. The Morgan fingerprint density at radius 3 is 2.76 bits per heavy atom. The van der Waals surface area contributed by atoms with Gasteiger partial charge in [0.2, 0.25) is 0 Å². The summed E-state index contributed by atoms with van der Waals surface area (Å²) in [5.74, 6) is 0.997. The van der Waals surface area contributed by atoms with E-state index in [-0.39, 0.29) is 6.10 Å². The van der Waals surface area contributed by atoms with Gasteiger partial charge in [-0.3, -0.25) is 9.58 Å². The van der Waals surface area contributed by atoms with E-state index in [1.54, 1.807) is 6.33 Å². The maximum atomic E-state index is 5.93. The standard InChI is InChI=1S/C16H22N4O/c1-3-13-4-6-14(7-5-13)15-10-20(8-9-21-15)11-16-17-12-18-19(16)2/h4-7,12,15H,3,8-11H2,1-2H3/t15-/m1/s1. The topological polar surface area (TPSA) is 43.2 Å². The second kappa shape index (κ2) is 6.37. The Bertz CT molecular complexity index is 578. The van der Waals surface area contributed by atoms with E-state index >= 15 is 0 Å². The van der Waals surface area contributed by atoms with Crippen molar-refractivity contribution in [2.24, 2.45) is 7.05 Å². The van der Waals surface area contributed by atoms with Crippen molar-refractivity contribution in [3.05, 3.63) is 47.5 Å². The van der Waals surface area contributed by atoms with E-state index in [9.17, 15) is 0 Å². The van der Waals surface area contributed by atoms with Crippen LogP contribution in [0.4, 0.5) is 0 Å². The molecule has 112 valence electrons. The summed E-state index contributed by atoms with van der Waals surface area (Å²) in [5.41, 5.74) is 2.63. The molecule has 5 nitrogen and oxygen atoms in total. The van der Waals surface area contributed by atoms with Crippen molar-refractivity contribution in [3.63, 3.8) is 0 Å². The summed E-state index contributed by atoms with van der Waals surface area (Å²) in [6.45, 7) is 5.60. The summed E-state index contributed by atoms with van der Waals surface area (Å²) in [5, 5.41) is 4.13. The van der Waals surface area contributed by atoms with Crippen LogP contribution in [0.25, 0.3) is 0 Å². The Balaban J connectivity index is 1.66. The summed E-state index contributed by atoms with van der Waals surface area (Å²) in [6, 6.07) is 8.77. The van der Waals surface area contributed by atoms with Gasteiger partial charge in [0.25, 0.3) is 0 Å². The first-order valence-corrected chi connectivity index (χ1v) is 7.52. The first-order valence-electron chi connectivity index (χ1n) is 7.52. The molecule has 1 aliphatic heterocycles. The SMILES string of the molecule is CCc1ccc([C@H]2CN(Cc3ncnn3C)CCO2)cc1. The summed E-state index contributed by atoms with van der Waals surface area (Å²) in [7, 11) is 1.93. The van der Waals surface area contributed by atoms with Gasteiger partial charge in [-0.15, -0.1) is 0 Å². The van der Waals surface area contributed by atoms with Gasteiger partial charge in [0.1, 0.15) is 12.2 Å². The molecule has 0 amide bonds. The molecule has 21 heavy (non-hydrogen) atoms. The zero-order valence-corrected chi connectivity index (χ0v) is 12.7. The number of morpholine rings is 1. The Morgan fingerprint density at radius 2 is 2.10 bits per heavy atom. The van der Waals surface area contributed by atoms with Crippen LogP contribution in [0.3, 0.4) is 0 Å². The van der Waals surface area contributed by atoms with Crippen LogP contribution in [0.1, 0.15) is 30.0 Å². The van der Waals surface area contributed by atoms with Crippen LogP contribution in [0.5, 0.6) is 0 Å². The molecule has 1 saturated heterocycles. The maximum Gasteiger partial charge on any atom is 0.140 e. The van der Waals surface area contributed by atoms with Crippen molar-refractivity contribution in [1.29, 1.82) is 0 Å². The number of hydrogen-bond donors (Lipinski definition) is 0. The maximum absolute atomic E-state index is 5.93. The highest BCUT2D eigenvalue weighted by Crippen LogP contribution is 2.23. The van der Waals surface area contributed by atoms with E-state index in [4.69, 9.17) is 4.74 Å². The van der Waals surface area contributed by atoms with Crippen molar-refractivity contribution in [1.82, 2.24) is 19.7 Å². The van der Waals surface area contributed by atoms with Crippen LogP contribution in [0, 0.1) is 0 Å². The lowest BCUT2D eigenvalue weighted by molar-refractivity contribution is -0.0339. The summed E-state index contributed by atoms with van der Waals surface area (Å²) in [4.78, 5) is 6.68. The molecule has 1 atom stereocenters. The monoisotopic (exact) mass is 286 g/mol. The minimum Gasteiger partial charge on any atom is -0.371 e. The van der Waals surface area contributed by atoms with Crippen LogP contribution in [0.2, 0.25) is 0 Å². The highest BCUT2D eigenvalue weighted by Gasteiger charge is 2.22. The molecule has 1 aromatic carbocycles. The molecule has 1 aliphatic rings. The molecule has 2 aromatic rings. The van der Waals surface area contributed by atoms with Crippen LogP contribution in [-0.4, -0.2) is 39.4 Å². The number of rotatable bonds is 4. The third-order valence-corrected chi connectivity index (χ3v) is 4.08. The predicted octanol–water partition coefficient (Wildman–Crippen LogP) is 1.95. The molecule has 0 radical (unpaired) electrons. The number of aromatic nitrogens is 3. The van der Waals surface area contributed by atoms with Crippen LogP contribution < -0.4 is 0 Å². The molecule has 1 fully saturated rings. The first-order chi connectivity index (χ1) is 10.3. The van der Waals surface area contributed by atoms with Gasteiger partial charge in [0, 0.05) is 20.1 Å². The number of ether oxygens (including phenoxy) is 1. The minimum absolute atomic E-state index is 0.151. The van der Waals surface area contributed by atoms with Crippen molar-refractivity contribution < 1.29 is 4.74 Å². The number of aryl methyl sites for hydroxylation is 2. The first kappa shape index (κ1) is 14.2. The lowest BCUT2D eigenvalue weighted by Crippen LogP contribution is -2.38.